The van der Waals surface area contributed by atoms with Crippen LogP contribution in [0.4, 0.5) is 0 Å². The first-order chi connectivity index (χ1) is 10.6. The molecule has 1 saturated heterocycles. The topological polar surface area (TPSA) is 75.4 Å². The van der Waals surface area contributed by atoms with Gasteiger partial charge >= 0.3 is 5.97 Å². The Kier molecular flexibility index (Phi) is 3.91. The minimum Gasteiger partial charge on any atom is -0.480 e. The highest BCUT2D eigenvalue weighted by atomic mass is 16.4. The quantitative estimate of drug-likeness (QED) is 0.931. The third kappa shape index (κ3) is 2.86. The van der Waals surface area contributed by atoms with Gasteiger partial charge in [-0.05, 0) is 18.4 Å². The molecule has 3 rings (SSSR count). The molecule has 0 spiro atoms. The van der Waals surface area contributed by atoms with Gasteiger partial charge in [-0.25, -0.2) is 4.79 Å². The average Bonchev–Trinajstić information content (AvgIpc) is 3.16. The van der Waals surface area contributed by atoms with E-state index in [2.05, 4.69) is 5.10 Å². The first-order valence-electron chi connectivity index (χ1n) is 7.25. The van der Waals surface area contributed by atoms with E-state index in [-0.39, 0.29) is 5.91 Å². The standard InChI is InChI=1S/C16H17N3O3/c20-15(19-8-4-7-14(19)16(21)22)13-9-17-18(11-13)10-12-5-2-1-3-6-12/h1-3,5-6,9,11,14H,4,7-8,10H2,(H,21,22)/t14-/m1/s1. The zero-order valence-electron chi connectivity index (χ0n) is 12.1. The SMILES string of the molecule is O=C(O)[C@H]1CCCN1C(=O)c1cnn(Cc2ccccc2)c1. The molecule has 2 heterocycles. The van der Waals surface area contributed by atoms with E-state index < -0.39 is 12.0 Å². The van der Waals surface area contributed by atoms with Gasteiger partial charge in [0.05, 0.1) is 18.3 Å². The minimum atomic E-state index is -0.942. The molecule has 0 aliphatic carbocycles. The van der Waals surface area contributed by atoms with Crippen LogP contribution < -0.4 is 0 Å². The van der Waals surface area contributed by atoms with Crippen molar-refractivity contribution in [3.05, 3.63) is 53.9 Å². The van der Waals surface area contributed by atoms with Gasteiger partial charge in [-0.1, -0.05) is 30.3 Å². The molecule has 1 aliphatic heterocycles. The lowest BCUT2D eigenvalue weighted by molar-refractivity contribution is -0.141. The monoisotopic (exact) mass is 299 g/mol. The zero-order chi connectivity index (χ0) is 15.5. The fraction of sp³-hybridized carbons (Fsp3) is 0.312. The third-order valence-corrected chi connectivity index (χ3v) is 3.87. The smallest absolute Gasteiger partial charge is 0.326 e. The van der Waals surface area contributed by atoms with Crippen molar-refractivity contribution in [3.63, 3.8) is 0 Å². The number of hydrogen-bond acceptors (Lipinski definition) is 3. The first kappa shape index (κ1) is 14.3. The number of rotatable bonds is 4. The molecule has 6 nitrogen and oxygen atoms in total. The molecule has 0 saturated carbocycles. The zero-order valence-corrected chi connectivity index (χ0v) is 12.1. The summed E-state index contributed by atoms with van der Waals surface area (Å²) in [6, 6.07) is 9.11. The number of amides is 1. The Morgan fingerprint density at radius 3 is 2.77 bits per heavy atom. The molecule has 114 valence electrons. The van der Waals surface area contributed by atoms with Crippen molar-refractivity contribution >= 4 is 11.9 Å². The maximum Gasteiger partial charge on any atom is 0.326 e. The highest BCUT2D eigenvalue weighted by Gasteiger charge is 2.34. The summed E-state index contributed by atoms with van der Waals surface area (Å²) in [7, 11) is 0. The van der Waals surface area contributed by atoms with Gasteiger partial charge in [-0.15, -0.1) is 0 Å². The van der Waals surface area contributed by atoms with E-state index >= 15 is 0 Å². The molecular formula is C16H17N3O3. The van der Waals surface area contributed by atoms with Crippen molar-refractivity contribution < 1.29 is 14.7 Å². The van der Waals surface area contributed by atoms with Gasteiger partial charge in [0.15, 0.2) is 0 Å². The van der Waals surface area contributed by atoms with Gasteiger partial charge in [0.25, 0.3) is 5.91 Å². The van der Waals surface area contributed by atoms with E-state index in [9.17, 15) is 9.59 Å². The molecule has 0 bridgehead atoms. The van der Waals surface area contributed by atoms with E-state index in [1.165, 1.54) is 11.1 Å². The van der Waals surface area contributed by atoms with Crippen LogP contribution in [0.15, 0.2) is 42.7 Å². The van der Waals surface area contributed by atoms with Crippen LogP contribution in [0.25, 0.3) is 0 Å². The van der Waals surface area contributed by atoms with Gasteiger partial charge in [0, 0.05) is 12.7 Å². The molecule has 1 fully saturated rings. The normalized spacial score (nSPS) is 17.6. The molecule has 22 heavy (non-hydrogen) atoms. The Morgan fingerprint density at radius 2 is 2.05 bits per heavy atom. The summed E-state index contributed by atoms with van der Waals surface area (Å²) in [5, 5.41) is 13.4. The van der Waals surface area contributed by atoms with Crippen molar-refractivity contribution in [2.45, 2.75) is 25.4 Å². The molecule has 1 N–H and O–H groups in total. The number of aromatic nitrogens is 2. The van der Waals surface area contributed by atoms with Gasteiger partial charge in [0.2, 0.25) is 0 Å². The highest BCUT2D eigenvalue weighted by Crippen LogP contribution is 2.20. The molecule has 2 aromatic rings. The van der Waals surface area contributed by atoms with Crippen LogP contribution in [-0.2, 0) is 11.3 Å². The summed E-state index contributed by atoms with van der Waals surface area (Å²) in [6.45, 7) is 1.07. The summed E-state index contributed by atoms with van der Waals surface area (Å²) in [5.41, 5.74) is 1.53. The van der Waals surface area contributed by atoms with Crippen LogP contribution in [0.5, 0.6) is 0 Å². The minimum absolute atomic E-state index is 0.260. The Hall–Kier alpha value is -2.63. The maximum absolute atomic E-state index is 12.4. The predicted molar refractivity (Wildman–Crippen MR) is 79.5 cm³/mol. The number of nitrogens with zero attached hydrogens (tertiary/aromatic N) is 3. The second-order valence-electron chi connectivity index (χ2n) is 5.41. The number of carbonyl (C=O) groups excluding carboxylic acids is 1. The fourth-order valence-electron chi connectivity index (χ4n) is 2.76. The van der Waals surface area contributed by atoms with Crippen molar-refractivity contribution in [1.29, 1.82) is 0 Å². The summed E-state index contributed by atoms with van der Waals surface area (Å²) < 4.78 is 1.69. The number of hydrogen-bond donors (Lipinski definition) is 1. The van der Waals surface area contributed by atoms with E-state index in [0.717, 1.165) is 12.0 Å². The molecule has 1 amide bonds. The summed E-state index contributed by atoms with van der Waals surface area (Å²) in [4.78, 5) is 25.0. The van der Waals surface area contributed by atoms with E-state index in [4.69, 9.17) is 5.11 Å². The Balaban J connectivity index is 1.73. The van der Waals surface area contributed by atoms with Crippen LogP contribution in [0.3, 0.4) is 0 Å². The van der Waals surface area contributed by atoms with Crippen molar-refractivity contribution in [1.82, 2.24) is 14.7 Å². The van der Waals surface area contributed by atoms with E-state index in [1.807, 2.05) is 30.3 Å². The molecule has 6 heteroatoms. The van der Waals surface area contributed by atoms with Crippen LogP contribution in [-0.4, -0.2) is 44.3 Å². The Bertz CT molecular complexity index is 681. The van der Waals surface area contributed by atoms with E-state index in [1.54, 1.807) is 10.9 Å². The van der Waals surface area contributed by atoms with Crippen LogP contribution >= 0.6 is 0 Å². The second-order valence-corrected chi connectivity index (χ2v) is 5.41. The summed E-state index contributed by atoms with van der Waals surface area (Å²) in [6.07, 6.45) is 4.41. The largest absolute Gasteiger partial charge is 0.480 e. The number of carboxylic acid groups (broad SMARTS) is 1. The lowest BCUT2D eigenvalue weighted by Gasteiger charge is -2.20. The maximum atomic E-state index is 12.4. The molecule has 1 atom stereocenters. The molecule has 1 aromatic carbocycles. The van der Waals surface area contributed by atoms with Crippen LogP contribution in [0.1, 0.15) is 28.8 Å². The predicted octanol–water partition coefficient (Wildman–Crippen LogP) is 1.62. The van der Waals surface area contributed by atoms with Crippen molar-refractivity contribution in [2.75, 3.05) is 6.54 Å². The van der Waals surface area contributed by atoms with E-state index in [0.29, 0.717) is 25.1 Å². The van der Waals surface area contributed by atoms with Crippen LogP contribution in [0, 0.1) is 0 Å². The molecule has 1 aliphatic rings. The van der Waals surface area contributed by atoms with Gasteiger partial charge < -0.3 is 10.0 Å². The van der Waals surface area contributed by atoms with Crippen LogP contribution in [0.2, 0.25) is 0 Å². The molecule has 0 unspecified atom stereocenters. The van der Waals surface area contributed by atoms with Gasteiger partial charge in [-0.3, -0.25) is 9.48 Å². The fourth-order valence-corrected chi connectivity index (χ4v) is 2.76. The third-order valence-electron chi connectivity index (χ3n) is 3.87. The molecular weight excluding hydrogens is 282 g/mol. The number of carboxylic acids is 1. The first-order valence-corrected chi connectivity index (χ1v) is 7.25. The second kappa shape index (κ2) is 6.01. The summed E-state index contributed by atoms with van der Waals surface area (Å²) in [5.74, 6) is -1.20. The number of carbonyl (C=O) groups is 2. The summed E-state index contributed by atoms with van der Waals surface area (Å²) >= 11 is 0. The Labute approximate surface area is 128 Å². The number of aliphatic carboxylic acids is 1. The van der Waals surface area contributed by atoms with Gasteiger partial charge in [-0.2, -0.15) is 5.10 Å². The highest BCUT2D eigenvalue weighted by molar-refractivity contribution is 5.96. The number of benzene rings is 1. The van der Waals surface area contributed by atoms with Gasteiger partial charge in [0.1, 0.15) is 6.04 Å². The molecule has 1 aromatic heterocycles. The molecule has 0 radical (unpaired) electrons. The van der Waals surface area contributed by atoms with Crippen molar-refractivity contribution in [3.8, 4) is 0 Å². The lowest BCUT2D eigenvalue weighted by Crippen LogP contribution is -2.40. The average molecular weight is 299 g/mol. The lowest BCUT2D eigenvalue weighted by atomic mass is 10.2. The van der Waals surface area contributed by atoms with Crippen molar-refractivity contribution in [2.24, 2.45) is 0 Å². The number of likely N-dealkylation sites (tertiary alicyclic amines) is 1. The Morgan fingerprint density at radius 1 is 1.27 bits per heavy atom.